The largest absolute Gasteiger partial charge is 0.462 e. The Balaban J connectivity index is 1.53. The molecule has 3 atom stereocenters. The fourth-order valence-corrected chi connectivity index (χ4v) is 3.72. The van der Waals surface area contributed by atoms with E-state index in [1.165, 1.54) is 11.1 Å². The summed E-state index contributed by atoms with van der Waals surface area (Å²) in [6.45, 7) is 0. The lowest BCUT2D eigenvalue weighted by molar-refractivity contribution is -0.153. The summed E-state index contributed by atoms with van der Waals surface area (Å²) >= 11 is 0. The first-order chi connectivity index (χ1) is 10.3. The second kappa shape index (κ2) is 6.61. The van der Waals surface area contributed by atoms with Gasteiger partial charge in [-0.3, -0.25) is 4.79 Å². The molecule has 0 aliphatic heterocycles. The van der Waals surface area contributed by atoms with Crippen LogP contribution in [0.5, 0.6) is 0 Å². The Labute approximate surface area is 126 Å². The van der Waals surface area contributed by atoms with Crippen LogP contribution in [0.25, 0.3) is 0 Å². The fraction of sp³-hybridized carbons (Fsp3) is 0.611. The minimum Gasteiger partial charge on any atom is -0.462 e. The zero-order valence-corrected chi connectivity index (χ0v) is 12.7. The molecule has 2 aliphatic rings. The number of rotatable bonds is 4. The highest BCUT2D eigenvalue weighted by Gasteiger charge is 2.28. The molecule has 3 heteroatoms. The summed E-state index contributed by atoms with van der Waals surface area (Å²) < 4.78 is 11.1. The van der Waals surface area contributed by atoms with Crippen LogP contribution in [0, 0.1) is 0 Å². The smallest absolute Gasteiger partial charge is 0.306 e. The molecular formula is C18H24O3. The van der Waals surface area contributed by atoms with E-state index in [9.17, 15) is 4.79 Å². The van der Waals surface area contributed by atoms with E-state index in [4.69, 9.17) is 9.47 Å². The molecule has 2 aliphatic carbocycles. The molecule has 1 fully saturated rings. The number of benzene rings is 1. The number of ether oxygens (including phenoxy) is 2. The van der Waals surface area contributed by atoms with Crippen LogP contribution in [-0.2, 0) is 20.7 Å². The zero-order valence-electron chi connectivity index (χ0n) is 12.7. The number of carbonyl (C=O) groups is 1. The van der Waals surface area contributed by atoms with Gasteiger partial charge in [-0.1, -0.05) is 24.3 Å². The van der Waals surface area contributed by atoms with Crippen molar-refractivity contribution in [3.63, 3.8) is 0 Å². The van der Waals surface area contributed by atoms with Crippen molar-refractivity contribution in [3.8, 4) is 0 Å². The van der Waals surface area contributed by atoms with Crippen LogP contribution in [-0.4, -0.2) is 25.3 Å². The molecule has 1 aromatic rings. The lowest BCUT2D eigenvalue weighted by Gasteiger charge is -2.28. The number of carbonyl (C=O) groups excluding carboxylic acids is 1. The van der Waals surface area contributed by atoms with E-state index < -0.39 is 0 Å². The van der Waals surface area contributed by atoms with Gasteiger partial charge in [-0.2, -0.15) is 0 Å². The summed E-state index contributed by atoms with van der Waals surface area (Å²) in [6.07, 6.45) is 6.98. The van der Waals surface area contributed by atoms with Crippen molar-refractivity contribution in [3.05, 3.63) is 35.4 Å². The molecule has 114 valence electrons. The maximum Gasteiger partial charge on any atom is 0.306 e. The molecule has 0 bridgehead atoms. The van der Waals surface area contributed by atoms with Crippen LogP contribution in [0.3, 0.4) is 0 Å². The van der Waals surface area contributed by atoms with Crippen LogP contribution >= 0.6 is 0 Å². The van der Waals surface area contributed by atoms with E-state index >= 15 is 0 Å². The Bertz CT molecular complexity index is 497. The minimum atomic E-state index is -0.0431. The summed E-state index contributed by atoms with van der Waals surface area (Å²) in [5.41, 5.74) is 2.74. The predicted octanol–water partition coefficient (Wildman–Crippen LogP) is 3.61. The Kier molecular flexibility index (Phi) is 4.59. The number of aryl methyl sites for hydroxylation is 1. The molecule has 0 spiro atoms. The highest BCUT2D eigenvalue weighted by molar-refractivity contribution is 5.71. The number of hydrogen-bond acceptors (Lipinski definition) is 3. The summed E-state index contributed by atoms with van der Waals surface area (Å²) in [6, 6.07) is 8.46. The maximum absolute atomic E-state index is 12.2. The van der Waals surface area contributed by atoms with Crippen LogP contribution < -0.4 is 0 Å². The third kappa shape index (κ3) is 3.46. The molecule has 0 heterocycles. The predicted molar refractivity (Wildman–Crippen MR) is 81.3 cm³/mol. The van der Waals surface area contributed by atoms with Crippen molar-refractivity contribution in [2.75, 3.05) is 7.11 Å². The standard InChI is InChI=1S/C18H24O3/c1-20-15-6-4-7-16(12-15)21-18(19)11-14-10-9-13-5-2-3-8-17(13)14/h2-3,5,8,14-16H,4,6-7,9-12H2,1H3. The Morgan fingerprint density at radius 1 is 1.19 bits per heavy atom. The van der Waals surface area contributed by atoms with Crippen molar-refractivity contribution in [2.45, 2.75) is 63.1 Å². The highest BCUT2D eigenvalue weighted by atomic mass is 16.5. The summed E-state index contributed by atoms with van der Waals surface area (Å²) in [4.78, 5) is 12.2. The van der Waals surface area contributed by atoms with E-state index in [1.807, 2.05) is 0 Å². The molecule has 0 saturated heterocycles. The molecule has 1 saturated carbocycles. The Morgan fingerprint density at radius 3 is 2.86 bits per heavy atom. The molecule has 0 radical (unpaired) electrons. The molecule has 0 amide bonds. The highest BCUT2D eigenvalue weighted by Crippen LogP contribution is 2.35. The summed E-state index contributed by atoms with van der Waals surface area (Å²) in [5.74, 6) is 0.300. The lowest BCUT2D eigenvalue weighted by atomic mass is 9.94. The lowest BCUT2D eigenvalue weighted by Crippen LogP contribution is -2.29. The van der Waals surface area contributed by atoms with Crippen LogP contribution in [0.1, 0.15) is 55.6 Å². The van der Waals surface area contributed by atoms with Crippen LogP contribution in [0.15, 0.2) is 24.3 Å². The normalized spacial score (nSPS) is 28.1. The van der Waals surface area contributed by atoms with Crippen LogP contribution in [0.2, 0.25) is 0 Å². The quantitative estimate of drug-likeness (QED) is 0.794. The van der Waals surface area contributed by atoms with E-state index in [2.05, 4.69) is 24.3 Å². The van der Waals surface area contributed by atoms with Crippen molar-refractivity contribution >= 4 is 5.97 Å². The number of hydrogen-bond donors (Lipinski definition) is 0. The molecule has 3 unspecified atom stereocenters. The molecule has 21 heavy (non-hydrogen) atoms. The molecule has 1 aromatic carbocycles. The Morgan fingerprint density at radius 2 is 2.00 bits per heavy atom. The minimum absolute atomic E-state index is 0.0431. The van der Waals surface area contributed by atoms with E-state index in [-0.39, 0.29) is 18.2 Å². The SMILES string of the molecule is COC1CCCC(OC(=O)CC2CCc3ccccc32)C1. The molecule has 0 N–H and O–H groups in total. The first kappa shape index (κ1) is 14.6. The molecule has 3 rings (SSSR count). The van der Waals surface area contributed by atoms with E-state index in [1.54, 1.807) is 7.11 Å². The van der Waals surface area contributed by atoms with Gasteiger partial charge >= 0.3 is 5.97 Å². The number of methoxy groups -OCH3 is 1. The third-order valence-corrected chi connectivity index (χ3v) is 4.88. The third-order valence-electron chi connectivity index (χ3n) is 4.88. The van der Waals surface area contributed by atoms with Gasteiger partial charge in [0.15, 0.2) is 0 Å². The average molecular weight is 288 g/mol. The Hall–Kier alpha value is -1.35. The monoisotopic (exact) mass is 288 g/mol. The second-order valence-corrected chi connectivity index (χ2v) is 6.27. The molecular weight excluding hydrogens is 264 g/mol. The van der Waals surface area contributed by atoms with E-state index in [0.29, 0.717) is 12.3 Å². The van der Waals surface area contributed by atoms with Gasteiger partial charge in [-0.05, 0) is 49.1 Å². The van der Waals surface area contributed by atoms with Gasteiger partial charge in [0.2, 0.25) is 0 Å². The van der Waals surface area contributed by atoms with Gasteiger partial charge in [0, 0.05) is 13.5 Å². The molecule has 0 aromatic heterocycles. The zero-order chi connectivity index (χ0) is 14.7. The number of esters is 1. The van der Waals surface area contributed by atoms with Crippen molar-refractivity contribution in [2.24, 2.45) is 0 Å². The van der Waals surface area contributed by atoms with Crippen molar-refractivity contribution < 1.29 is 14.3 Å². The second-order valence-electron chi connectivity index (χ2n) is 6.27. The van der Waals surface area contributed by atoms with Crippen LogP contribution in [0.4, 0.5) is 0 Å². The average Bonchev–Trinajstić information content (AvgIpc) is 2.91. The van der Waals surface area contributed by atoms with Gasteiger partial charge < -0.3 is 9.47 Å². The van der Waals surface area contributed by atoms with E-state index in [0.717, 1.165) is 38.5 Å². The number of fused-ring (bicyclic) bond motifs is 1. The fourth-order valence-electron chi connectivity index (χ4n) is 3.72. The van der Waals surface area contributed by atoms with Gasteiger partial charge in [0.1, 0.15) is 6.10 Å². The van der Waals surface area contributed by atoms with Gasteiger partial charge in [0.05, 0.1) is 12.5 Å². The topological polar surface area (TPSA) is 35.5 Å². The van der Waals surface area contributed by atoms with Gasteiger partial charge in [-0.15, -0.1) is 0 Å². The van der Waals surface area contributed by atoms with Gasteiger partial charge in [0.25, 0.3) is 0 Å². The maximum atomic E-state index is 12.2. The van der Waals surface area contributed by atoms with Crippen molar-refractivity contribution in [1.82, 2.24) is 0 Å². The molecule has 3 nitrogen and oxygen atoms in total. The first-order valence-corrected chi connectivity index (χ1v) is 8.06. The van der Waals surface area contributed by atoms with Gasteiger partial charge in [-0.25, -0.2) is 0 Å². The van der Waals surface area contributed by atoms with Crippen molar-refractivity contribution in [1.29, 1.82) is 0 Å². The first-order valence-electron chi connectivity index (χ1n) is 8.06. The summed E-state index contributed by atoms with van der Waals surface area (Å²) in [5, 5.41) is 0. The summed E-state index contributed by atoms with van der Waals surface area (Å²) in [7, 11) is 1.74.